The summed E-state index contributed by atoms with van der Waals surface area (Å²) in [5.74, 6) is -0.829. The van der Waals surface area contributed by atoms with Crippen molar-refractivity contribution in [1.82, 2.24) is 20.2 Å². The lowest BCUT2D eigenvalue weighted by Crippen LogP contribution is -2.29. The van der Waals surface area contributed by atoms with Gasteiger partial charge in [0.25, 0.3) is 0 Å². The van der Waals surface area contributed by atoms with Crippen LogP contribution in [0.25, 0.3) is 21.8 Å². The molecule has 1 aliphatic rings. The van der Waals surface area contributed by atoms with Crippen LogP contribution in [0.5, 0.6) is 5.75 Å². The van der Waals surface area contributed by atoms with Crippen molar-refractivity contribution in [2.45, 2.75) is 13.2 Å². The summed E-state index contributed by atoms with van der Waals surface area (Å²) in [5.41, 5.74) is 12.1. The number of hydrazine groups is 1. The van der Waals surface area contributed by atoms with E-state index in [4.69, 9.17) is 15.6 Å². The van der Waals surface area contributed by atoms with Gasteiger partial charge in [0.2, 0.25) is 0 Å². The standard InChI is InChI=1S/C22H19FN6O3/c23-16-2-3-17-13(6-16)9-20(22(24)27-17)32-12-15-8-18-14(10-26-29(18)11-21(30)31)7-19(15)28-5-1-4-25-28/h1-3,5-10,25H,4,11-12H2,(H2,24,27)(H,30,31). The minimum Gasteiger partial charge on any atom is -0.485 e. The molecule has 9 nitrogen and oxygen atoms in total. The average Bonchev–Trinajstić information content (AvgIpc) is 3.42. The van der Waals surface area contributed by atoms with E-state index in [0.717, 1.165) is 16.6 Å². The predicted molar refractivity (Wildman–Crippen MR) is 117 cm³/mol. The Morgan fingerprint density at radius 1 is 1.25 bits per heavy atom. The lowest BCUT2D eigenvalue weighted by molar-refractivity contribution is -0.137. The molecule has 162 valence electrons. The summed E-state index contributed by atoms with van der Waals surface area (Å²) in [5, 5.41) is 16.6. The molecule has 0 bridgehead atoms. The molecule has 2 aromatic carbocycles. The van der Waals surface area contributed by atoms with Gasteiger partial charge in [-0.1, -0.05) is 6.08 Å². The summed E-state index contributed by atoms with van der Waals surface area (Å²) in [7, 11) is 0. The van der Waals surface area contributed by atoms with E-state index in [0.29, 0.717) is 28.7 Å². The number of carbonyl (C=O) groups is 1. The molecule has 0 fully saturated rings. The highest BCUT2D eigenvalue weighted by atomic mass is 19.1. The maximum atomic E-state index is 13.6. The van der Waals surface area contributed by atoms with Gasteiger partial charge < -0.3 is 15.6 Å². The van der Waals surface area contributed by atoms with Crippen LogP contribution in [0.3, 0.4) is 0 Å². The van der Waals surface area contributed by atoms with Gasteiger partial charge in [0, 0.05) is 29.1 Å². The zero-order valence-corrected chi connectivity index (χ0v) is 16.8. The number of hydrogen-bond donors (Lipinski definition) is 3. The van der Waals surface area contributed by atoms with E-state index in [1.165, 1.54) is 16.8 Å². The topological polar surface area (TPSA) is 119 Å². The van der Waals surface area contributed by atoms with Crippen LogP contribution in [-0.4, -0.2) is 32.4 Å². The van der Waals surface area contributed by atoms with E-state index in [1.54, 1.807) is 18.3 Å². The molecule has 0 spiro atoms. The Morgan fingerprint density at radius 2 is 2.12 bits per heavy atom. The number of nitrogens with zero attached hydrogens (tertiary/aromatic N) is 4. The first-order valence-electron chi connectivity index (χ1n) is 9.86. The van der Waals surface area contributed by atoms with E-state index in [2.05, 4.69) is 15.5 Å². The second kappa shape index (κ2) is 7.82. The molecule has 3 heterocycles. The summed E-state index contributed by atoms with van der Waals surface area (Å²) >= 11 is 0. The van der Waals surface area contributed by atoms with Crippen LogP contribution >= 0.6 is 0 Å². The highest BCUT2D eigenvalue weighted by Crippen LogP contribution is 2.31. The van der Waals surface area contributed by atoms with Crippen molar-refractivity contribution >= 4 is 39.3 Å². The fourth-order valence-electron chi connectivity index (χ4n) is 3.69. The van der Waals surface area contributed by atoms with Crippen LogP contribution in [0, 0.1) is 5.82 Å². The van der Waals surface area contributed by atoms with Crippen molar-refractivity contribution in [1.29, 1.82) is 0 Å². The Labute approximate surface area is 181 Å². The largest absolute Gasteiger partial charge is 0.485 e. The smallest absolute Gasteiger partial charge is 0.325 e. The Bertz CT molecular complexity index is 1380. The van der Waals surface area contributed by atoms with E-state index in [1.807, 2.05) is 29.4 Å². The molecule has 10 heteroatoms. The normalized spacial score (nSPS) is 13.3. The number of hydrogen-bond acceptors (Lipinski definition) is 7. The monoisotopic (exact) mass is 434 g/mol. The number of aliphatic carboxylic acids is 1. The lowest BCUT2D eigenvalue weighted by atomic mass is 10.1. The third kappa shape index (κ3) is 3.67. The number of carboxylic acids is 1. The van der Waals surface area contributed by atoms with Crippen LogP contribution < -0.4 is 20.9 Å². The van der Waals surface area contributed by atoms with E-state index in [-0.39, 0.29) is 24.8 Å². The highest BCUT2D eigenvalue weighted by Gasteiger charge is 2.17. The maximum absolute atomic E-state index is 13.6. The molecule has 0 unspecified atom stereocenters. The summed E-state index contributed by atoms with van der Waals surface area (Å²) < 4.78 is 21.0. The molecule has 0 amide bonds. The van der Waals surface area contributed by atoms with Gasteiger partial charge in [0.05, 0.1) is 22.9 Å². The Balaban J connectivity index is 1.52. The van der Waals surface area contributed by atoms with E-state index >= 15 is 0 Å². The number of rotatable bonds is 6. The Morgan fingerprint density at radius 3 is 2.91 bits per heavy atom. The van der Waals surface area contributed by atoms with Crippen LogP contribution in [0.2, 0.25) is 0 Å². The lowest BCUT2D eigenvalue weighted by Gasteiger charge is -2.21. The molecular weight excluding hydrogens is 415 g/mol. The number of pyridine rings is 1. The van der Waals surface area contributed by atoms with Crippen molar-refractivity contribution < 1.29 is 19.0 Å². The summed E-state index contributed by atoms with van der Waals surface area (Å²) in [4.78, 5) is 15.5. The van der Waals surface area contributed by atoms with Crippen LogP contribution in [0.1, 0.15) is 5.56 Å². The van der Waals surface area contributed by atoms with Crippen molar-refractivity contribution in [3.63, 3.8) is 0 Å². The minimum absolute atomic E-state index is 0.127. The van der Waals surface area contributed by atoms with Gasteiger partial charge in [0.1, 0.15) is 19.0 Å². The first-order valence-corrected chi connectivity index (χ1v) is 9.86. The summed E-state index contributed by atoms with van der Waals surface area (Å²) in [6.07, 6.45) is 5.51. The third-order valence-electron chi connectivity index (χ3n) is 5.17. The molecule has 0 radical (unpaired) electrons. The van der Waals surface area contributed by atoms with Crippen LogP contribution in [-0.2, 0) is 17.9 Å². The van der Waals surface area contributed by atoms with E-state index < -0.39 is 5.97 Å². The molecule has 4 N–H and O–H groups in total. The quantitative estimate of drug-likeness (QED) is 0.424. The van der Waals surface area contributed by atoms with Gasteiger partial charge in [0.15, 0.2) is 11.6 Å². The van der Waals surface area contributed by atoms with Gasteiger partial charge in [-0.2, -0.15) is 5.10 Å². The van der Waals surface area contributed by atoms with Gasteiger partial charge >= 0.3 is 5.97 Å². The van der Waals surface area contributed by atoms with Crippen molar-refractivity contribution in [3.05, 3.63) is 66.3 Å². The van der Waals surface area contributed by atoms with Crippen molar-refractivity contribution in [3.8, 4) is 5.75 Å². The number of nitrogen functional groups attached to an aromatic ring is 1. The Kier molecular flexibility index (Phi) is 4.83. The van der Waals surface area contributed by atoms with Crippen molar-refractivity contribution in [2.75, 3.05) is 17.3 Å². The third-order valence-corrected chi connectivity index (χ3v) is 5.17. The molecule has 0 saturated carbocycles. The molecule has 5 rings (SSSR count). The molecule has 32 heavy (non-hydrogen) atoms. The van der Waals surface area contributed by atoms with Gasteiger partial charge in [-0.15, -0.1) is 0 Å². The number of nitrogens with two attached hydrogens (primary N) is 1. The SMILES string of the molecule is Nc1nc2ccc(F)cc2cc1OCc1cc2c(cnn2CC(=O)O)cc1N1C=CCN1. The molecule has 1 aliphatic heterocycles. The summed E-state index contributed by atoms with van der Waals surface area (Å²) in [6.45, 7) is 0.560. The van der Waals surface area contributed by atoms with Crippen LogP contribution in [0.15, 0.2) is 54.9 Å². The molecule has 0 atom stereocenters. The molecule has 0 aliphatic carbocycles. The van der Waals surface area contributed by atoms with Crippen molar-refractivity contribution in [2.24, 2.45) is 0 Å². The first-order chi connectivity index (χ1) is 15.5. The zero-order chi connectivity index (χ0) is 22.2. The average molecular weight is 434 g/mol. The molecule has 0 saturated heterocycles. The fourth-order valence-corrected chi connectivity index (χ4v) is 3.69. The molecular formula is C22H19FN6O3. The van der Waals surface area contributed by atoms with E-state index in [9.17, 15) is 9.18 Å². The second-order valence-corrected chi connectivity index (χ2v) is 7.35. The number of benzene rings is 2. The fraction of sp³-hybridized carbons (Fsp3) is 0.136. The van der Waals surface area contributed by atoms with Gasteiger partial charge in [-0.05, 0) is 36.4 Å². The predicted octanol–water partition coefficient (Wildman–Crippen LogP) is 2.81. The zero-order valence-electron chi connectivity index (χ0n) is 16.8. The van der Waals surface area contributed by atoms with Crippen LogP contribution in [0.4, 0.5) is 15.9 Å². The first kappa shape index (κ1) is 19.8. The van der Waals surface area contributed by atoms with Gasteiger partial charge in [-0.3, -0.25) is 14.5 Å². The number of anilines is 2. The number of carboxylic acid groups (broad SMARTS) is 1. The Hall–Kier alpha value is -4.18. The number of halogens is 1. The maximum Gasteiger partial charge on any atom is 0.325 e. The molecule has 2 aromatic heterocycles. The summed E-state index contributed by atoms with van der Waals surface area (Å²) in [6, 6.07) is 9.68. The van der Waals surface area contributed by atoms with Gasteiger partial charge in [-0.25, -0.2) is 14.8 Å². The minimum atomic E-state index is -0.983. The molecule has 4 aromatic rings. The number of fused-ring (bicyclic) bond motifs is 2. The second-order valence-electron chi connectivity index (χ2n) is 7.35. The highest BCUT2D eigenvalue weighted by molar-refractivity contribution is 5.86. The number of nitrogens with one attached hydrogen (secondary N) is 1. The number of aromatic nitrogens is 3. The number of ether oxygens (including phenoxy) is 1.